The zero-order valence-electron chi connectivity index (χ0n) is 18.5. The monoisotopic (exact) mass is 422 g/mol. The number of hydrogen-bond acceptors (Lipinski definition) is 7. The van der Waals surface area contributed by atoms with Gasteiger partial charge >= 0.3 is 11.9 Å². The molecular formula is C23H34O7. The van der Waals surface area contributed by atoms with Crippen molar-refractivity contribution in [1.29, 1.82) is 0 Å². The lowest BCUT2D eigenvalue weighted by Gasteiger charge is -2.61. The van der Waals surface area contributed by atoms with Crippen molar-refractivity contribution in [3.05, 3.63) is 23.8 Å². The van der Waals surface area contributed by atoms with E-state index in [4.69, 9.17) is 9.47 Å². The zero-order chi connectivity index (χ0) is 22.6. The minimum Gasteiger partial charge on any atom is -0.469 e. The largest absolute Gasteiger partial charge is 0.469 e. The van der Waals surface area contributed by atoms with Crippen molar-refractivity contribution in [3.63, 3.8) is 0 Å². The number of aliphatic hydroxyl groups excluding tert-OH is 3. The maximum absolute atomic E-state index is 12.8. The Labute approximate surface area is 177 Å². The second kappa shape index (κ2) is 7.46. The van der Waals surface area contributed by atoms with E-state index in [-0.39, 0.29) is 12.8 Å². The molecule has 0 aliphatic heterocycles. The summed E-state index contributed by atoms with van der Waals surface area (Å²) >= 11 is 0. The maximum atomic E-state index is 12.8. The molecule has 0 unspecified atom stereocenters. The van der Waals surface area contributed by atoms with E-state index in [1.54, 1.807) is 13.0 Å². The number of carbonyl (C=O) groups is 2. The Balaban J connectivity index is 2.28. The van der Waals surface area contributed by atoms with Gasteiger partial charge in [0.2, 0.25) is 0 Å². The van der Waals surface area contributed by atoms with Crippen molar-refractivity contribution < 1.29 is 34.4 Å². The Morgan fingerprint density at radius 3 is 2.37 bits per heavy atom. The van der Waals surface area contributed by atoms with Crippen molar-refractivity contribution in [2.75, 3.05) is 7.11 Å². The molecular weight excluding hydrogens is 388 g/mol. The zero-order valence-corrected chi connectivity index (χ0v) is 18.5. The highest BCUT2D eigenvalue weighted by molar-refractivity contribution is 5.77. The van der Waals surface area contributed by atoms with Gasteiger partial charge in [-0.15, -0.1) is 6.58 Å². The van der Waals surface area contributed by atoms with Crippen molar-refractivity contribution in [3.8, 4) is 0 Å². The van der Waals surface area contributed by atoms with Crippen molar-refractivity contribution in [2.45, 2.75) is 77.8 Å². The van der Waals surface area contributed by atoms with Gasteiger partial charge in [-0.2, -0.15) is 0 Å². The summed E-state index contributed by atoms with van der Waals surface area (Å²) in [5.74, 6) is -1.35. The van der Waals surface area contributed by atoms with Crippen molar-refractivity contribution in [2.24, 2.45) is 22.2 Å². The van der Waals surface area contributed by atoms with Gasteiger partial charge in [0, 0.05) is 23.3 Å². The summed E-state index contributed by atoms with van der Waals surface area (Å²) in [6.07, 6.45) is -0.801. The second-order valence-corrected chi connectivity index (χ2v) is 9.83. The molecule has 168 valence electrons. The first-order valence-electron chi connectivity index (χ1n) is 10.5. The van der Waals surface area contributed by atoms with Gasteiger partial charge in [0.15, 0.2) is 0 Å². The fourth-order valence-electron chi connectivity index (χ4n) is 6.35. The summed E-state index contributed by atoms with van der Waals surface area (Å²) in [4.78, 5) is 24.7. The van der Waals surface area contributed by atoms with Crippen molar-refractivity contribution >= 4 is 11.9 Å². The quantitative estimate of drug-likeness (QED) is 0.470. The van der Waals surface area contributed by atoms with Gasteiger partial charge in [-0.25, -0.2) is 0 Å². The summed E-state index contributed by atoms with van der Waals surface area (Å²) in [5, 5.41) is 33.7. The van der Waals surface area contributed by atoms with Crippen LogP contribution in [0, 0.1) is 22.2 Å². The highest BCUT2D eigenvalue weighted by atomic mass is 16.5. The number of methoxy groups -OCH3 is 1. The Hall–Kier alpha value is -1.70. The number of ether oxygens (including phenoxy) is 2. The minimum absolute atomic E-state index is 0.216. The average Bonchev–Trinajstić information content (AvgIpc) is 2.68. The highest BCUT2D eigenvalue weighted by Gasteiger charge is 2.65. The van der Waals surface area contributed by atoms with Crippen LogP contribution in [0.4, 0.5) is 0 Å². The topological polar surface area (TPSA) is 113 Å². The molecule has 0 heterocycles. The van der Waals surface area contributed by atoms with E-state index in [9.17, 15) is 24.9 Å². The second-order valence-electron chi connectivity index (χ2n) is 9.83. The fourth-order valence-corrected chi connectivity index (χ4v) is 6.35. The van der Waals surface area contributed by atoms with Crippen LogP contribution in [0.5, 0.6) is 0 Å². The van der Waals surface area contributed by atoms with Crippen LogP contribution in [0.3, 0.4) is 0 Å². The Morgan fingerprint density at radius 1 is 1.20 bits per heavy atom. The van der Waals surface area contributed by atoms with E-state index in [1.165, 1.54) is 14.0 Å². The average molecular weight is 423 g/mol. The molecule has 0 aromatic carbocycles. The lowest BCUT2D eigenvalue weighted by atomic mass is 9.45. The lowest BCUT2D eigenvalue weighted by molar-refractivity contribution is -0.179. The van der Waals surface area contributed by atoms with Crippen molar-refractivity contribution in [1.82, 2.24) is 0 Å². The molecule has 0 spiro atoms. The predicted molar refractivity (Wildman–Crippen MR) is 109 cm³/mol. The smallest absolute Gasteiger partial charge is 0.311 e. The van der Waals surface area contributed by atoms with E-state index in [0.717, 1.165) is 0 Å². The van der Waals surface area contributed by atoms with E-state index < -0.39 is 58.5 Å². The maximum Gasteiger partial charge on any atom is 0.311 e. The van der Waals surface area contributed by atoms with Crippen LogP contribution in [0.2, 0.25) is 0 Å². The molecule has 0 saturated heterocycles. The molecule has 30 heavy (non-hydrogen) atoms. The third kappa shape index (κ3) is 3.05. The van der Waals surface area contributed by atoms with Crippen LogP contribution in [0.25, 0.3) is 0 Å². The first-order valence-corrected chi connectivity index (χ1v) is 10.5. The van der Waals surface area contributed by atoms with E-state index >= 15 is 0 Å². The van der Waals surface area contributed by atoms with Crippen LogP contribution in [-0.4, -0.2) is 58.8 Å². The van der Waals surface area contributed by atoms with Gasteiger partial charge < -0.3 is 24.8 Å². The van der Waals surface area contributed by atoms with Crippen LogP contribution in [0.15, 0.2) is 23.8 Å². The van der Waals surface area contributed by atoms with E-state index in [1.807, 2.05) is 13.8 Å². The van der Waals surface area contributed by atoms with E-state index in [2.05, 4.69) is 6.58 Å². The molecule has 0 radical (unpaired) electrons. The molecule has 3 rings (SSSR count). The molecule has 8 atom stereocenters. The molecule has 1 fully saturated rings. The molecule has 0 aromatic heterocycles. The number of rotatable bonds is 3. The Kier molecular flexibility index (Phi) is 5.72. The molecule has 0 amide bonds. The number of esters is 2. The number of hydrogen-bond donors (Lipinski definition) is 3. The molecule has 0 bridgehead atoms. The molecule has 7 nitrogen and oxygen atoms in total. The number of aliphatic hydroxyl groups is 3. The van der Waals surface area contributed by atoms with Crippen LogP contribution in [0.1, 0.15) is 53.4 Å². The molecule has 3 aliphatic rings. The molecule has 0 aromatic rings. The third-order valence-corrected chi connectivity index (χ3v) is 8.12. The van der Waals surface area contributed by atoms with Gasteiger partial charge in [-0.05, 0) is 44.1 Å². The van der Waals surface area contributed by atoms with Gasteiger partial charge in [-0.3, -0.25) is 9.59 Å². The summed E-state index contributed by atoms with van der Waals surface area (Å²) < 4.78 is 10.7. The third-order valence-electron chi connectivity index (χ3n) is 8.12. The molecule has 3 aliphatic carbocycles. The molecule has 1 saturated carbocycles. The fraction of sp³-hybridized carbons (Fsp3) is 0.739. The minimum atomic E-state index is -1.03. The normalized spacial score (nSPS) is 45.8. The Bertz CT molecular complexity index is 788. The van der Waals surface area contributed by atoms with Gasteiger partial charge in [0.25, 0.3) is 0 Å². The van der Waals surface area contributed by atoms with Crippen LogP contribution < -0.4 is 0 Å². The Morgan fingerprint density at radius 2 is 1.83 bits per heavy atom. The highest BCUT2D eigenvalue weighted by Crippen LogP contribution is 2.63. The summed E-state index contributed by atoms with van der Waals surface area (Å²) in [6, 6.07) is 0. The van der Waals surface area contributed by atoms with Crippen LogP contribution in [-0.2, 0) is 19.1 Å². The standard InChI is InChI=1S/C23H34O7/c1-7-21(3)11-13(25)18-17(19(21)27)14(30-12(2)24)10-15-22(4,20(28)29-6)9-8-16(26)23(15,18)5/h7,13-16,19,25-27H,1,8-11H2,2-6H3/t13-,14-,15+,16+,19-,21+,22-,23-/m1/s1. The van der Waals surface area contributed by atoms with Crippen LogP contribution >= 0.6 is 0 Å². The molecule has 3 N–H and O–H groups in total. The van der Waals surface area contributed by atoms with E-state index in [0.29, 0.717) is 24.0 Å². The summed E-state index contributed by atoms with van der Waals surface area (Å²) in [7, 11) is 1.34. The predicted octanol–water partition coefficient (Wildman–Crippen LogP) is 1.89. The lowest BCUT2D eigenvalue weighted by Crippen LogP contribution is -2.63. The van der Waals surface area contributed by atoms with Gasteiger partial charge in [0.1, 0.15) is 6.10 Å². The summed E-state index contributed by atoms with van der Waals surface area (Å²) in [6.45, 7) is 10.6. The number of fused-ring (bicyclic) bond motifs is 2. The first-order chi connectivity index (χ1) is 13.9. The molecule has 7 heteroatoms. The van der Waals surface area contributed by atoms with Gasteiger partial charge in [-0.1, -0.05) is 19.9 Å². The summed E-state index contributed by atoms with van der Waals surface area (Å²) in [5.41, 5.74) is -1.80. The van der Waals surface area contributed by atoms with Gasteiger partial charge in [0.05, 0.1) is 30.8 Å². The SMILES string of the molecule is C=C[C@@]1(C)C[C@@H](O)C2=C([C@H]1O)[C@H](OC(C)=O)C[C@@H]1[C@]2(C)[C@@H](O)CC[C@@]1(C)C(=O)OC. The first kappa shape index (κ1) is 23.0. The number of carbonyl (C=O) groups excluding carboxylic acids is 2.